The Morgan fingerprint density at radius 2 is 2.16 bits per heavy atom. The monoisotopic (exact) mass is 431 g/mol. The topological polar surface area (TPSA) is 87.5 Å². The van der Waals surface area contributed by atoms with Crippen LogP contribution in [0.1, 0.15) is 28.9 Å². The van der Waals surface area contributed by atoms with E-state index >= 15 is 0 Å². The van der Waals surface area contributed by atoms with Gasteiger partial charge in [0.1, 0.15) is 11.3 Å². The van der Waals surface area contributed by atoms with Crippen LogP contribution >= 0.6 is 0 Å². The normalized spacial score (nSPS) is 17.2. The number of piperazine rings is 1. The number of fused-ring (bicyclic) bond motifs is 2. The summed E-state index contributed by atoms with van der Waals surface area (Å²) in [6.45, 7) is 4.22. The average molecular weight is 431 g/mol. The Balaban J connectivity index is 1.46. The van der Waals surface area contributed by atoms with Gasteiger partial charge in [-0.05, 0) is 31.9 Å². The fraction of sp³-hybridized carbons (Fsp3) is 0.304. The van der Waals surface area contributed by atoms with Gasteiger partial charge in [0, 0.05) is 42.8 Å². The molecule has 1 saturated heterocycles. The molecule has 32 heavy (non-hydrogen) atoms. The molecule has 0 bridgehead atoms. The van der Waals surface area contributed by atoms with Gasteiger partial charge in [-0.2, -0.15) is 5.10 Å². The van der Waals surface area contributed by atoms with Gasteiger partial charge in [0.15, 0.2) is 11.5 Å². The van der Waals surface area contributed by atoms with Crippen LogP contribution in [0.2, 0.25) is 0 Å². The van der Waals surface area contributed by atoms with Gasteiger partial charge in [0.25, 0.3) is 5.91 Å². The van der Waals surface area contributed by atoms with E-state index in [4.69, 9.17) is 0 Å². The molecule has 1 aromatic carbocycles. The Bertz CT molecular complexity index is 1370. The number of aromatic nitrogens is 4. The zero-order chi connectivity index (χ0) is 21.9. The molecule has 6 rings (SSSR count). The fourth-order valence-corrected chi connectivity index (χ4v) is 4.64. The third-order valence-corrected chi connectivity index (χ3v) is 6.35. The lowest BCUT2D eigenvalue weighted by Gasteiger charge is -2.36. The van der Waals surface area contributed by atoms with E-state index < -0.39 is 5.82 Å². The number of aryl methyl sites for hydroxylation is 1. The highest BCUT2D eigenvalue weighted by Gasteiger charge is 2.46. The van der Waals surface area contributed by atoms with Crippen LogP contribution in [0, 0.1) is 12.7 Å². The largest absolute Gasteiger partial charge is 0.353 e. The Morgan fingerprint density at radius 1 is 1.28 bits per heavy atom. The van der Waals surface area contributed by atoms with Crippen LogP contribution in [0.25, 0.3) is 16.6 Å². The minimum Gasteiger partial charge on any atom is -0.353 e. The number of hydrogen-bond donors (Lipinski definition) is 2. The third-order valence-electron chi connectivity index (χ3n) is 6.35. The maximum absolute atomic E-state index is 15.0. The van der Waals surface area contributed by atoms with E-state index in [9.17, 15) is 9.18 Å². The lowest BCUT2D eigenvalue weighted by atomic mass is 10.1. The lowest BCUT2D eigenvalue weighted by Crippen LogP contribution is -2.53. The predicted octanol–water partition coefficient (Wildman–Crippen LogP) is 2.92. The Labute approximate surface area is 183 Å². The van der Waals surface area contributed by atoms with Gasteiger partial charge in [-0.3, -0.25) is 9.20 Å². The minimum atomic E-state index is -0.480. The smallest absolute Gasteiger partial charge is 0.258 e. The van der Waals surface area contributed by atoms with Crippen molar-refractivity contribution in [3.63, 3.8) is 0 Å². The van der Waals surface area contributed by atoms with Gasteiger partial charge in [0.2, 0.25) is 0 Å². The number of hydrogen-bond acceptors (Lipinski definition) is 6. The molecule has 0 unspecified atom stereocenters. The molecule has 3 aromatic heterocycles. The van der Waals surface area contributed by atoms with Gasteiger partial charge < -0.3 is 15.5 Å². The minimum absolute atomic E-state index is 0.112. The first-order valence-corrected chi connectivity index (χ1v) is 10.7. The van der Waals surface area contributed by atoms with Crippen LogP contribution in [0.3, 0.4) is 0 Å². The molecule has 1 spiro atoms. The predicted molar refractivity (Wildman–Crippen MR) is 120 cm³/mol. The quantitative estimate of drug-likeness (QED) is 0.519. The number of carbonyl (C=O) groups excluding carboxylic acids is 1. The molecule has 9 heteroatoms. The standard InChI is InChI=1S/C23H22FN7O/c1-14-12-31-20(27-14)17(24)11-18(22(31)30-10-9-25-23(13-30)6-7-23)28-21(32)16-4-2-3-15-5-8-26-29-19(15)16/h2-5,8,11-12,25H,6-7,9-10,13H2,1H3,(H,28,32). The van der Waals surface area contributed by atoms with Crippen molar-refractivity contribution >= 4 is 34.0 Å². The van der Waals surface area contributed by atoms with Crippen LogP contribution in [0.4, 0.5) is 15.9 Å². The highest BCUT2D eigenvalue weighted by atomic mass is 19.1. The second-order valence-corrected chi connectivity index (χ2v) is 8.66. The van der Waals surface area contributed by atoms with Crippen LogP contribution in [-0.4, -0.2) is 50.7 Å². The Kier molecular flexibility index (Phi) is 4.16. The molecular weight excluding hydrogens is 409 g/mol. The summed E-state index contributed by atoms with van der Waals surface area (Å²) in [5, 5.41) is 15.4. The van der Waals surface area contributed by atoms with Crippen LogP contribution in [-0.2, 0) is 0 Å². The second kappa shape index (κ2) is 6.96. The van der Waals surface area contributed by atoms with Crippen LogP contribution < -0.4 is 15.5 Å². The second-order valence-electron chi connectivity index (χ2n) is 8.66. The molecule has 2 N–H and O–H groups in total. The van der Waals surface area contributed by atoms with Crippen LogP contribution in [0.5, 0.6) is 0 Å². The van der Waals surface area contributed by atoms with Crippen molar-refractivity contribution in [3.8, 4) is 0 Å². The SMILES string of the molecule is Cc1cn2c(N3CCNC4(CC4)C3)c(NC(=O)c3cccc4ccnnc34)cc(F)c2n1. The zero-order valence-electron chi connectivity index (χ0n) is 17.6. The number of rotatable bonds is 3. The van der Waals surface area contributed by atoms with Crippen LogP contribution in [0.15, 0.2) is 42.7 Å². The van der Waals surface area contributed by atoms with E-state index in [0.29, 0.717) is 22.5 Å². The first-order chi connectivity index (χ1) is 15.5. The number of nitrogens with one attached hydrogen (secondary N) is 2. The number of amides is 1. The number of imidazole rings is 1. The highest BCUT2D eigenvalue weighted by molar-refractivity contribution is 6.12. The zero-order valence-corrected chi connectivity index (χ0v) is 17.6. The number of benzene rings is 1. The molecular formula is C23H22FN7O. The average Bonchev–Trinajstić information content (AvgIpc) is 3.40. The molecule has 4 heterocycles. The van der Waals surface area contributed by atoms with E-state index in [-0.39, 0.29) is 17.1 Å². The summed E-state index contributed by atoms with van der Waals surface area (Å²) < 4.78 is 16.7. The van der Waals surface area contributed by atoms with E-state index in [1.807, 2.05) is 19.2 Å². The van der Waals surface area contributed by atoms with Gasteiger partial charge in [0.05, 0.1) is 23.1 Å². The first kappa shape index (κ1) is 19.1. The Morgan fingerprint density at radius 3 is 3.00 bits per heavy atom. The van der Waals surface area contributed by atoms with Gasteiger partial charge in [-0.1, -0.05) is 12.1 Å². The molecule has 0 atom stereocenters. The Hall–Kier alpha value is -3.59. The van der Waals surface area contributed by atoms with Gasteiger partial charge in [-0.25, -0.2) is 9.37 Å². The van der Waals surface area contributed by atoms with Crippen molar-refractivity contribution in [1.29, 1.82) is 0 Å². The summed E-state index contributed by atoms with van der Waals surface area (Å²) in [6.07, 6.45) is 5.64. The lowest BCUT2D eigenvalue weighted by molar-refractivity contribution is 0.102. The third kappa shape index (κ3) is 3.08. The first-order valence-electron chi connectivity index (χ1n) is 10.7. The van der Waals surface area contributed by atoms with E-state index in [1.54, 1.807) is 28.8 Å². The number of anilines is 2. The molecule has 2 fully saturated rings. The fourth-order valence-electron chi connectivity index (χ4n) is 4.64. The molecule has 1 saturated carbocycles. The molecule has 4 aromatic rings. The van der Waals surface area contributed by atoms with Crippen molar-refractivity contribution in [1.82, 2.24) is 24.9 Å². The van der Waals surface area contributed by atoms with E-state index in [2.05, 4.69) is 30.7 Å². The van der Waals surface area contributed by atoms with Crippen molar-refractivity contribution in [2.75, 3.05) is 29.9 Å². The molecule has 1 aliphatic carbocycles. The summed E-state index contributed by atoms with van der Waals surface area (Å²) >= 11 is 0. The van der Waals surface area contributed by atoms with Crippen molar-refractivity contribution < 1.29 is 9.18 Å². The maximum Gasteiger partial charge on any atom is 0.258 e. The van der Waals surface area contributed by atoms with E-state index in [0.717, 1.165) is 43.7 Å². The summed E-state index contributed by atoms with van der Waals surface area (Å²) in [4.78, 5) is 19.9. The van der Waals surface area contributed by atoms with E-state index in [1.165, 1.54) is 6.07 Å². The van der Waals surface area contributed by atoms with Crippen molar-refractivity contribution in [2.45, 2.75) is 25.3 Å². The van der Waals surface area contributed by atoms with Crippen molar-refractivity contribution in [3.05, 3.63) is 59.8 Å². The van der Waals surface area contributed by atoms with Gasteiger partial charge >= 0.3 is 0 Å². The summed E-state index contributed by atoms with van der Waals surface area (Å²) in [5.41, 5.74) is 2.40. The number of halogens is 1. The molecule has 162 valence electrons. The molecule has 1 amide bonds. The number of carbonyl (C=O) groups is 1. The molecule has 1 aliphatic heterocycles. The molecule has 0 radical (unpaired) electrons. The summed E-state index contributed by atoms with van der Waals surface area (Å²) in [6, 6.07) is 8.55. The van der Waals surface area contributed by atoms with Crippen molar-refractivity contribution in [2.24, 2.45) is 0 Å². The maximum atomic E-state index is 15.0. The molecule has 8 nitrogen and oxygen atoms in total. The molecule has 2 aliphatic rings. The highest BCUT2D eigenvalue weighted by Crippen LogP contribution is 2.40. The number of pyridine rings is 1. The summed E-state index contributed by atoms with van der Waals surface area (Å²) in [5.74, 6) is -0.0928. The number of nitrogens with zero attached hydrogens (tertiary/aromatic N) is 5. The summed E-state index contributed by atoms with van der Waals surface area (Å²) in [7, 11) is 0. The van der Waals surface area contributed by atoms with Gasteiger partial charge in [-0.15, -0.1) is 5.10 Å².